The Morgan fingerprint density at radius 1 is 1.13 bits per heavy atom. The molecule has 3 aliphatic heterocycles. The van der Waals surface area contributed by atoms with E-state index in [1.807, 2.05) is 23.1 Å². The number of alkyl halides is 3. The summed E-state index contributed by atoms with van der Waals surface area (Å²) in [5.41, 5.74) is 2.05. The highest BCUT2D eigenvalue weighted by atomic mass is 19.4. The van der Waals surface area contributed by atoms with E-state index in [1.54, 1.807) is 12.3 Å². The zero-order chi connectivity index (χ0) is 31.5. The van der Waals surface area contributed by atoms with Gasteiger partial charge in [-0.3, -0.25) is 9.58 Å². The van der Waals surface area contributed by atoms with Gasteiger partial charge >= 0.3 is 6.18 Å². The average molecular weight is 633 g/mol. The van der Waals surface area contributed by atoms with E-state index >= 15 is 0 Å². The number of nitriles is 1. The number of nitrogens with one attached hydrogen (secondary N) is 2. The highest BCUT2D eigenvalue weighted by Gasteiger charge is 2.50. The van der Waals surface area contributed by atoms with E-state index < -0.39 is 11.9 Å². The molecule has 4 aromatic heterocycles. The quantitative estimate of drug-likeness (QED) is 0.291. The molecule has 4 aliphatic rings. The Labute approximate surface area is 263 Å². The molecule has 0 unspecified atom stereocenters. The van der Waals surface area contributed by atoms with Crippen LogP contribution < -0.4 is 5.32 Å². The summed E-state index contributed by atoms with van der Waals surface area (Å²) < 4.78 is 48.5. The minimum absolute atomic E-state index is 0.0373. The summed E-state index contributed by atoms with van der Waals surface area (Å²) >= 11 is 0. The van der Waals surface area contributed by atoms with Crippen LogP contribution in [0.25, 0.3) is 22.3 Å². The van der Waals surface area contributed by atoms with Crippen LogP contribution in [-0.4, -0.2) is 91.0 Å². The Bertz CT molecular complexity index is 1770. The summed E-state index contributed by atoms with van der Waals surface area (Å²) in [7, 11) is 0. The highest BCUT2D eigenvalue weighted by molar-refractivity contribution is 5.90. The van der Waals surface area contributed by atoms with Gasteiger partial charge in [0.15, 0.2) is 0 Å². The van der Waals surface area contributed by atoms with Crippen molar-refractivity contribution in [1.29, 1.82) is 5.26 Å². The van der Waals surface area contributed by atoms with Gasteiger partial charge in [-0.1, -0.05) is 0 Å². The number of nitrogens with zero attached hydrogens (tertiary/aromatic N) is 8. The molecule has 0 amide bonds. The van der Waals surface area contributed by atoms with E-state index in [0.29, 0.717) is 24.6 Å². The molecule has 0 atom stereocenters. The summed E-state index contributed by atoms with van der Waals surface area (Å²) in [5, 5.41) is 18.6. The third kappa shape index (κ3) is 5.30. The smallest absolute Gasteiger partial charge is 0.380 e. The predicted octanol–water partition coefficient (Wildman–Crippen LogP) is 4.42. The first-order valence-electron chi connectivity index (χ1n) is 15.8. The maximum atomic E-state index is 13.7. The van der Waals surface area contributed by atoms with E-state index in [1.165, 1.54) is 12.4 Å². The zero-order valence-electron chi connectivity index (χ0n) is 25.3. The largest absolute Gasteiger partial charge is 0.433 e. The van der Waals surface area contributed by atoms with Crippen LogP contribution in [-0.2, 0) is 23.0 Å². The van der Waals surface area contributed by atoms with Crippen molar-refractivity contribution in [2.75, 3.05) is 44.7 Å². The second-order valence-electron chi connectivity index (χ2n) is 13.6. The SMILES string of the molecule is N#CCC1(n2cc(-c3ncnc4[nH]ccc34)cn2)CC(N2CCC(Nc3cc(CN4CC5(COC5)C4)cc(C(F)(F)F)n3)CC2)C1. The number of rotatable bonds is 8. The summed E-state index contributed by atoms with van der Waals surface area (Å²) in [6.07, 6.45) is 6.23. The van der Waals surface area contributed by atoms with Crippen molar-refractivity contribution in [3.63, 3.8) is 0 Å². The Kier molecular flexibility index (Phi) is 7.04. The molecular weight excluding hydrogens is 597 g/mol. The lowest BCUT2D eigenvalue weighted by atomic mass is 9.69. The monoisotopic (exact) mass is 632 g/mol. The first-order valence-corrected chi connectivity index (χ1v) is 15.8. The van der Waals surface area contributed by atoms with E-state index in [2.05, 4.69) is 46.2 Å². The number of hydrogen-bond donors (Lipinski definition) is 2. The maximum Gasteiger partial charge on any atom is 0.433 e. The number of H-pyrrole nitrogens is 1. The number of halogens is 3. The molecule has 0 radical (unpaired) electrons. The molecule has 7 heterocycles. The number of likely N-dealkylation sites (tertiary alicyclic amines) is 2. The van der Waals surface area contributed by atoms with Gasteiger partial charge in [0.1, 0.15) is 23.5 Å². The molecule has 4 fully saturated rings. The number of pyridine rings is 1. The van der Waals surface area contributed by atoms with E-state index in [4.69, 9.17) is 4.74 Å². The Balaban J connectivity index is 0.893. The lowest BCUT2D eigenvalue weighted by Crippen LogP contribution is -2.65. The molecule has 4 aromatic rings. The van der Waals surface area contributed by atoms with Crippen molar-refractivity contribution >= 4 is 16.9 Å². The van der Waals surface area contributed by atoms with Gasteiger partial charge in [0, 0.05) is 73.6 Å². The Morgan fingerprint density at radius 2 is 1.93 bits per heavy atom. The van der Waals surface area contributed by atoms with Crippen LogP contribution in [0.1, 0.15) is 43.4 Å². The fourth-order valence-corrected chi connectivity index (χ4v) is 7.80. The van der Waals surface area contributed by atoms with E-state index in [9.17, 15) is 18.4 Å². The molecule has 240 valence electrons. The van der Waals surface area contributed by atoms with Crippen LogP contribution in [0.3, 0.4) is 0 Å². The summed E-state index contributed by atoms with van der Waals surface area (Å²) in [5.74, 6) is 0.289. The molecular formula is C32H35F3N10O. The van der Waals surface area contributed by atoms with Crippen LogP contribution in [0, 0.1) is 16.7 Å². The number of piperidine rings is 1. The molecule has 1 saturated carbocycles. The lowest BCUT2D eigenvalue weighted by Gasteiger charge is -2.55. The normalized spacial score (nSPS) is 25.1. The van der Waals surface area contributed by atoms with Gasteiger partial charge in [-0.25, -0.2) is 15.0 Å². The van der Waals surface area contributed by atoms with Gasteiger partial charge in [-0.2, -0.15) is 23.5 Å². The Morgan fingerprint density at radius 3 is 2.65 bits per heavy atom. The van der Waals surface area contributed by atoms with Gasteiger partial charge in [0.2, 0.25) is 0 Å². The Hall–Kier alpha value is -4.06. The number of anilines is 1. The van der Waals surface area contributed by atoms with Crippen LogP contribution in [0.4, 0.5) is 19.0 Å². The van der Waals surface area contributed by atoms with Crippen LogP contribution in [0.2, 0.25) is 0 Å². The minimum Gasteiger partial charge on any atom is -0.380 e. The van der Waals surface area contributed by atoms with Crippen LogP contribution >= 0.6 is 0 Å². The van der Waals surface area contributed by atoms with Crippen molar-refractivity contribution in [2.24, 2.45) is 5.41 Å². The van der Waals surface area contributed by atoms with Crippen LogP contribution in [0.5, 0.6) is 0 Å². The van der Waals surface area contributed by atoms with Gasteiger partial charge in [-0.05, 0) is 49.4 Å². The van der Waals surface area contributed by atoms with Crippen molar-refractivity contribution in [3.8, 4) is 17.3 Å². The molecule has 1 spiro atoms. The van der Waals surface area contributed by atoms with Crippen molar-refractivity contribution in [1.82, 2.24) is 39.5 Å². The second-order valence-corrected chi connectivity index (χ2v) is 13.6. The summed E-state index contributed by atoms with van der Waals surface area (Å²) in [6, 6.07) is 7.62. The van der Waals surface area contributed by atoms with Gasteiger partial charge in [0.25, 0.3) is 0 Å². The predicted molar refractivity (Wildman–Crippen MR) is 162 cm³/mol. The molecule has 3 saturated heterocycles. The second kappa shape index (κ2) is 11.0. The number of aromatic nitrogens is 6. The lowest BCUT2D eigenvalue weighted by molar-refractivity contribution is -0.191. The standard InChI is InChI=1S/C32H35F3N10O/c33-32(34,35)26-9-21(14-43-16-30(17-43)18-46-19-30)10-27(42-26)41-23-2-7-44(8-3-23)24-11-31(12-24,4-5-36)45-15-22(13-40-45)28-25-1-6-37-29(25)39-20-38-28/h1,6,9-10,13,15,20,23-24H,2-4,7-8,11-12,14,16-19H2,(H,41,42)(H,37,38,39). The number of aromatic amines is 1. The summed E-state index contributed by atoms with van der Waals surface area (Å²) in [4.78, 5) is 20.4. The number of fused-ring (bicyclic) bond motifs is 1. The molecule has 2 N–H and O–H groups in total. The fourth-order valence-electron chi connectivity index (χ4n) is 7.80. The molecule has 0 bridgehead atoms. The first kappa shape index (κ1) is 29.3. The van der Waals surface area contributed by atoms with Crippen LogP contribution in [0.15, 0.2) is 43.1 Å². The molecule has 11 nitrogen and oxygen atoms in total. The number of ether oxygens (including phenoxy) is 1. The number of hydrogen-bond acceptors (Lipinski definition) is 9. The molecule has 46 heavy (non-hydrogen) atoms. The van der Waals surface area contributed by atoms with E-state index in [-0.39, 0.29) is 22.8 Å². The van der Waals surface area contributed by atoms with Crippen molar-refractivity contribution in [2.45, 2.75) is 62.4 Å². The third-order valence-corrected chi connectivity index (χ3v) is 10.2. The van der Waals surface area contributed by atoms with Crippen molar-refractivity contribution in [3.05, 3.63) is 54.4 Å². The average Bonchev–Trinajstić information content (AvgIpc) is 3.66. The van der Waals surface area contributed by atoms with Gasteiger partial charge < -0.3 is 19.9 Å². The molecule has 8 rings (SSSR count). The molecule has 14 heteroatoms. The molecule has 1 aliphatic carbocycles. The topological polar surface area (TPSA) is 124 Å². The zero-order valence-corrected chi connectivity index (χ0v) is 25.3. The van der Waals surface area contributed by atoms with Gasteiger partial charge in [0.05, 0.1) is 43.1 Å². The highest BCUT2D eigenvalue weighted by Crippen LogP contribution is 2.46. The van der Waals surface area contributed by atoms with Gasteiger partial charge in [-0.15, -0.1) is 0 Å². The molecule has 0 aromatic carbocycles. The minimum atomic E-state index is -4.51. The maximum absolute atomic E-state index is 13.7. The third-order valence-electron chi connectivity index (χ3n) is 10.2. The summed E-state index contributed by atoms with van der Waals surface area (Å²) in [6.45, 7) is 5.32. The first-order chi connectivity index (χ1) is 22.2. The van der Waals surface area contributed by atoms with Crippen molar-refractivity contribution < 1.29 is 17.9 Å². The fraction of sp³-hybridized carbons (Fsp3) is 0.531. The van der Waals surface area contributed by atoms with E-state index in [0.717, 1.165) is 87.4 Å².